The van der Waals surface area contributed by atoms with E-state index in [-0.39, 0.29) is 0 Å². The van der Waals surface area contributed by atoms with E-state index in [2.05, 4.69) is 52.8 Å². The minimum absolute atomic E-state index is 0.345. The van der Waals surface area contributed by atoms with Crippen molar-refractivity contribution in [1.82, 2.24) is 9.97 Å². The van der Waals surface area contributed by atoms with Gasteiger partial charge >= 0.3 is 0 Å². The molecule has 0 atom stereocenters. The number of thioether (sulfide) groups is 1. The highest BCUT2D eigenvalue weighted by molar-refractivity contribution is 7.98. The first-order chi connectivity index (χ1) is 9.58. The van der Waals surface area contributed by atoms with E-state index in [0.717, 1.165) is 17.1 Å². The maximum atomic E-state index is 4.51. The summed E-state index contributed by atoms with van der Waals surface area (Å²) in [5.41, 5.74) is 2.03. The zero-order chi connectivity index (χ0) is 14.5. The smallest absolute Gasteiger partial charge is 0.229 e. The average molecular weight is 288 g/mol. The Morgan fingerprint density at radius 3 is 2.45 bits per heavy atom. The second kappa shape index (κ2) is 6.61. The van der Waals surface area contributed by atoms with Crippen LogP contribution >= 0.6 is 11.8 Å². The first-order valence-corrected chi connectivity index (χ1v) is 7.82. The highest BCUT2D eigenvalue weighted by atomic mass is 32.2. The standard InChI is InChI=1S/C15H20N4S/c1-10(2)17-14-11(3)9-16-15(19-14)18-12-5-7-13(20-4)8-6-12/h5-10H,1-4H3,(H2,16,17,18,19). The molecule has 106 valence electrons. The van der Waals surface area contributed by atoms with Gasteiger partial charge in [-0.05, 0) is 51.3 Å². The van der Waals surface area contributed by atoms with E-state index in [1.54, 1.807) is 11.8 Å². The van der Waals surface area contributed by atoms with Crippen molar-refractivity contribution in [3.05, 3.63) is 36.0 Å². The molecule has 2 aromatic rings. The maximum Gasteiger partial charge on any atom is 0.229 e. The molecule has 0 saturated heterocycles. The van der Waals surface area contributed by atoms with E-state index in [0.29, 0.717) is 12.0 Å². The Morgan fingerprint density at radius 1 is 1.15 bits per heavy atom. The third kappa shape index (κ3) is 3.87. The first kappa shape index (κ1) is 14.7. The van der Waals surface area contributed by atoms with Crippen LogP contribution in [0.15, 0.2) is 35.4 Å². The van der Waals surface area contributed by atoms with Gasteiger partial charge in [-0.15, -0.1) is 11.8 Å². The van der Waals surface area contributed by atoms with E-state index in [9.17, 15) is 0 Å². The summed E-state index contributed by atoms with van der Waals surface area (Å²) in [6.45, 7) is 6.19. The maximum absolute atomic E-state index is 4.51. The van der Waals surface area contributed by atoms with Crippen molar-refractivity contribution < 1.29 is 0 Å². The largest absolute Gasteiger partial charge is 0.368 e. The molecule has 5 heteroatoms. The van der Waals surface area contributed by atoms with Crippen LogP contribution in [-0.2, 0) is 0 Å². The highest BCUT2D eigenvalue weighted by Gasteiger charge is 2.05. The summed E-state index contributed by atoms with van der Waals surface area (Å²) in [7, 11) is 0. The second-order valence-corrected chi connectivity index (χ2v) is 5.76. The molecule has 0 fully saturated rings. The number of hydrogen-bond acceptors (Lipinski definition) is 5. The van der Waals surface area contributed by atoms with Crippen molar-refractivity contribution in [1.29, 1.82) is 0 Å². The Balaban J connectivity index is 2.16. The molecule has 2 N–H and O–H groups in total. The van der Waals surface area contributed by atoms with Gasteiger partial charge in [-0.25, -0.2) is 4.98 Å². The lowest BCUT2D eigenvalue weighted by molar-refractivity contribution is 0.883. The Morgan fingerprint density at radius 2 is 1.85 bits per heavy atom. The summed E-state index contributed by atoms with van der Waals surface area (Å²) in [5.74, 6) is 1.48. The lowest BCUT2D eigenvalue weighted by Crippen LogP contribution is -2.13. The number of anilines is 3. The van der Waals surface area contributed by atoms with Gasteiger partial charge in [-0.1, -0.05) is 0 Å². The number of benzene rings is 1. The molecule has 0 amide bonds. The fourth-order valence-electron chi connectivity index (χ4n) is 1.73. The monoisotopic (exact) mass is 288 g/mol. The lowest BCUT2D eigenvalue weighted by Gasteiger charge is -2.13. The quantitative estimate of drug-likeness (QED) is 0.812. The van der Waals surface area contributed by atoms with Gasteiger partial charge in [0.1, 0.15) is 5.82 Å². The van der Waals surface area contributed by atoms with Crippen LogP contribution in [0.3, 0.4) is 0 Å². The molecule has 4 nitrogen and oxygen atoms in total. The molecule has 0 unspecified atom stereocenters. The number of rotatable bonds is 5. The molecule has 0 aliphatic heterocycles. The Kier molecular flexibility index (Phi) is 4.84. The average Bonchev–Trinajstić information content (AvgIpc) is 2.43. The second-order valence-electron chi connectivity index (χ2n) is 4.88. The number of nitrogens with zero attached hydrogens (tertiary/aromatic N) is 2. The summed E-state index contributed by atoms with van der Waals surface area (Å²) in [5, 5.41) is 6.55. The van der Waals surface area contributed by atoms with Gasteiger partial charge in [-0.3, -0.25) is 0 Å². The van der Waals surface area contributed by atoms with Crippen LogP contribution in [0.25, 0.3) is 0 Å². The van der Waals surface area contributed by atoms with E-state index in [1.807, 2.05) is 25.3 Å². The molecule has 0 bridgehead atoms. The zero-order valence-electron chi connectivity index (χ0n) is 12.3. The summed E-state index contributed by atoms with van der Waals surface area (Å²) >= 11 is 1.73. The summed E-state index contributed by atoms with van der Waals surface area (Å²) < 4.78 is 0. The van der Waals surface area contributed by atoms with Crippen LogP contribution in [0, 0.1) is 6.92 Å². The number of aryl methyl sites for hydroxylation is 1. The van der Waals surface area contributed by atoms with Crippen molar-refractivity contribution in [2.75, 3.05) is 16.9 Å². The molecular formula is C15H20N4S. The zero-order valence-corrected chi connectivity index (χ0v) is 13.1. The van der Waals surface area contributed by atoms with Gasteiger partial charge in [0.25, 0.3) is 0 Å². The summed E-state index contributed by atoms with van der Waals surface area (Å²) in [4.78, 5) is 10.1. The third-order valence-electron chi connectivity index (χ3n) is 2.74. The molecule has 1 aromatic carbocycles. The van der Waals surface area contributed by atoms with Crippen molar-refractivity contribution in [3.63, 3.8) is 0 Å². The Hall–Kier alpha value is -1.75. The highest BCUT2D eigenvalue weighted by Crippen LogP contribution is 2.20. The molecule has 0 saturated carbocycles. The summed E-state index contributed by atoms with van der Waals surface area (Å²) in [6.07, 6.45) is 3.89. The van der Waals surface area contributed by atoms with Gasteiger partial charge < -0.3 is 10.6 Å². The van der Waals surface area contributed by atoms with Gasteiger partial charge in [0.15, 0.2) is 0 Å². The molecule has 20 heavy (non-hydrogen) atoms. The van der Waals surface area contributed by atoms with Crippen LogP contribution in [-0.4, -0.2) is 22.3 Å². The van der Waals surface area contributed by atoms with Crippen LogP contribution in [0.1, 0.15) is 19.4 Å². The third-order valence-corrected chi connectivity index (χ3v) is 3.49. The number of aromatic nitrogens is 2. The fraction of sp³-hybridized carbons (Fsp3) is 0.333. The predicted molar refractivity (Wildman–Crippen MR) is 87.0 cm³/mol. The fourth-order valence-corrected chi connectivity index (χ4v) is 2.13. The molecule has 1 heterocycles. The van der Waals surface area contributed by atoms with Crippen LogP contribution in [0.2, 0.25) is 0 Å². The van der Waals surface area contributed by atoms with E-state index < -0.39 is 0 Å². The van der Waals surface area contributed by atoms with Gasteiger partial charge in [0.2, 0.25) is 5.95 Å². The van der Waals surface area contributed by atoms with Gasteiger partial charge in [0, 0.05) is 28.4 Å². The normalized spacial score (nSPS) is 10.7. The Labute approximate surface area is 124 Å². The first-order valence-electron chi connectivity index (χ1n) is 6.59. The molecule has 0 aliphatic carbocycles. The van der Waals surface area contributed by atoms with Gasteiger partial charge in [-0.2, -0.15) is 4.98 Å². The van der Waals surface area contributed by atoms with Crippen molar-refractivity contribution >= 4 is 29.2 Å². The van der Waals surface area contributed by atoms with Gasteiger partial charge in [0.05, 0.1) is 0 Å². The lowest BCUT2D eigenvalue weighted by atomic mass is 10.3. The minimum atomic E-state index is 0.345. The van der Waals surface area contributed by atoms with E-state index in [1.165, 1.54) is 4.90 Å². The molecule has 0 radical (unpaired) electrons. The number of nitrogens with one attached hydrogen (secondary N) is 2. The molecule has 2 rings (SSSR count). The van der Waals surface area contributed by atoms with Crippen molar-refractivity contribution in [2.45, 2.75) is 31.7 Å². The van der Waals surface area contributed by atoms with Crippen LogP contribution < -0.4 is 10.6 Å². The van der Waals surface area contributed by atoms with E-state index >= 15 is 0 Å². The van der Waals surface area contributed by atoms with E-state index in [4.69, 9.17) is 0 Å². The molecular weight excluding hydrogens is 268 g/mol. The molecule has 0 aliphatic rings. The molecule has 0 spiro atoms. The Bertz CT molecular complexity index is 567. The summed E-state index contributed by atoms with van der Waals surface area (Å²) in [6, 6.07) is 8.57. The molecule has 1 aromatic heterocycles. The minimum Gasteiger partial charge on any atom is -0.368 e. The predicted octanol–water partition coefficient (Wildman–Crippen LogP) is 4.07. The van der Waals surface area contributed by atoms with Crippen LogP contribution in [0.5, 0.6) is 0 Å². The SMILES string of the molecule is CSc1ccc(Nc2ncc(C)c(NC(C)C)n2)cc1. The van der Waals surface area contributed by atoms with Crippen molar-refractivity contribution in [2.24, 2.45) is 0 Å². The number of hydrogen-bond donors (Lipinski definition) is 2. The van der Waals surface area contributed by atoms with Crippen LogP contribution in [0.4, 0.5) is 17.5 Å². The topological polar surface area (TPSA) is 49.8 Å². The van der Waals surface area contributed by atoms with Crippen molar-refractivity contribution in [3.8, 4) is 0 Å².